The number of amides is 1. The van der Waals surface area contributed by atoms with Gasteiger partial charge in [-0.2, -0.15) is 0 Å². The first kappa shape index (κ1) is 13.2. The highest BCUT2D eigenvalue weighted by Gasteiger charge is 2.19. The van der Waals surface area contributed by atoms with Crippen LogP contribution in [-0.2, 0) is 11.2 Å². The molecule has 0 aromatic heterocycles. The second-order valence-electron chi connectivity index (χ2n) is 3.69. The van der Waals surface area contributed by atoms with Gasteiger partial charge in [0.05, 0.1) is 12.6 Å². The minimum Gasteiger partial charge on any atom is -0.465 e. The Labute approximate surface area is 99.8 Å². The summed E-state index contributed by atoms with van der Waals surface area (Å²) in [7, 11) is 1.65. The summed E-state index contributed by atoms with van der Waals surface area (Å²) in [6, 6.07) is 8.61. The molecule has 1 aromatic carbocycles. The Balaban J connectivity index is 2.70. The van der Waals surface area contributed by atoms with Crippen molar-refractivity contribution >= 4 is 11.9 Å². The van der Waals surface area contributed by atoms with Crippen molar-refractivity contribution in [3.05, 3.63) is 35.9 Å². The molecular weight excluding hydrogens is 220 g/mol. The van der Waals surface area contributed by atoms with Crippen molar-refractivity contribution in [3.8, 4) is 0 Å². The van der Waals surface area contributed by atoms with E-state index < -0.39 is 12.1 Å². The zero-order valence-corrected chi connectivity index (χ0v) is 9.64. The van der Waals surface area contributed by atoms with Gasteiger partial charge in [-0.3, -0.25) is 4.79 Å². The van der Waals surface area contributed by atoms with Crippen LogP contribution >= 0.6 is 0 Å². The normalized spacial score (nSPS) is 11.8. The summed E-state index contributed by atoms with van der Waals surface area (Å²) in [4.78, 5) is 22.3. The number of hydrogen-bond acceptors (Lipinski definition) is 3. The molecule has 0 aliphatic rings. The van der Waals surface area contributed by atoms with Crippen LogP contribution in [0.25, 0.3) is 0 Å². The lowest BCUT2D eigenvalue weighted by Gasteiger charge is -2.15. The molecule has 0 saturated heterocycles. The van der Waals surface area contributed by atoms with Crippen molar-refractivity contribution in [2.24, 2.45) is 0 Å². The monoisotopic (exact) mass is 236 g/mol. The maximum Gasteiger partial charge on any atom is 0.405 e. The lowest BCUT2D eigenvalue weighted by atomic mass is 10.0. The molecule has 0 aliphatic carbocycles. The molecule has 5 heteroatoms. The fourth-order valence-corrected chi connectivity index (χ4v) is 1.54. The largest absolute Gasteiger partial charge is 0.465 e. The number of Topliss-reactive ketones (excluding diaryl/α,β-unsaturated/α-hetero) is 1. The van der Waals surface area contributed by atoms with Crippen molar-refractivity contribution in [1.82, 2.24) is 10.6 Å². The van der Waals surface area contributed by atoms with E-state index in [2.05, 4.69) is 10.6 Å². The Hall–Kier alpha value is -1.88. The molecule has 0 fully saturated rings. The van der Waals surface area contributed by atoms with Crippen LogP contribution in [0.4, 0.5) is 4.79 Å². The highest BCUT2D eigenvalue weighted by molar-refractivity contribution is 5.88. The van der Waals surface area contributed by atoms with E-state index in [0.29, 0.717) is 6.42 Å². The number of carboxylic acid groups (broad SMARTS) is 1. The van der Waals surface area contributed by atoms with Gasteiger partial charge >= 0.3 is 6.09 Å². The van der Waals surface area contributed by atoms with Crippen LogP contribution in [0.15, 0.2) is 30.3 Å². The van der Waals surface area contributed by atoms with Crippen molar-refractivity contribution in [2.75, 3.05) is 13.6 Å². The first-order valence-corrected chi connectivity index (χ1v) is 5.34. The van der Waals surface area contributed by atoms with Gasteiger partial charge in [0, 0.05) is 0 Å². The summed E-state index contributed by atoms with van der Waals surface area (Å²) in [5.74, 6) is -0.168. The van der Waals surface area contributed by atoms with Gasteiger partial charge in [0.25, 0.3) is 0 Å². The van der Waals surface area contributed by atoms with Gasteiger partial charge < -0.3 is 15.7 Å². The first-order chi connectivity index (χ1) is 8.13. The minimum absolute atomic E-state index is 0.151. The van der Waals surface area contributed by atoms with E-state index >= 15 is 0 Å². The minimum atomic E-state index is -1.18. The second-order valence-corrected chi connectivity index (χ2v) is 3.69. The highest BCUT2D eigenvalue weighted by atomic mass is 16.4. The molecule has 0 saturated carbocycles. The SMILES string of the molecule is CNCC(=O)[C@H](Cc1ccccc1)NC(=O)O. The van der Waals surface area contributed by atoms with Crippen LogP contribution in [0.3, 0.4) is 0 Å². The maximum absolute atomic E-state index is 11.7. The molecule has 1 aromatic rings. The number of hydrogen-bond donors (Lipinski definition) is 3. The van der Waals surface area contributed by atoms with Gasteiger partial charge in [-0.25, -0.2) is 4.79 Å². The summed E-state index contributed by atoms with van der Waals surface area (Å²) in [6.45, 7) is 0.151. The number of rotatable bonds is 6. The van der Waals surface area contributed by atoms with Gasteiger partial charge in [0.15, 0.2) is 5.78 Å². The summed E-state index contributed by atoms with van der Waals surface area (Å²) < 4.78 is 0. The summed E-state index contributed by atoms with van der Waals surface area (Å²) in [6.07, 6.45) is -0.816. The summed E-state index contributed by atoms with van der Waals surface area (Å²) in [5.41, 5.74) is 0.927. The zero-order valence-electron chi connectivity index (χ0n) is 9.64. The van der Waals surface area contributed by atoms with E-state index in [9.17, 15) is 9.59 Å². The van der Waals surface area contributed by atoms with Gasteiger partial charge in [0.2, 0.25) is 0 Å². The quantitative estimate of drug-likeness (QED) is 0.677. The second kappa shape index (κ2) is 6.65. The third-order valence-corrected chi connectivity index (χ3v) is 2.32. The molecule has 1 rings (SSSR count). The molecule has 1 amide bonds. The fraction of sp³-hybridized carbons (Fsp3) is 0.333. The van der Waals surface area contributed by atoms with Gasteiger partial charge in [0.1, 0.15) is 0 Å². The highest BCUT2D eigenvalue weighted by Crippen LogP contribution is 2.04. The van der Waals surface area contributed by atoms with E-state index in [4.69, 9.17) is 5.11 Å². The van der Waals surface area contributed by atoms with E-state index in [1.165, 1.54) is 0 Å². The predicted molar refractivity (Wildman–Crippen MR) is 64.0 cm³/mol. The van der Waals surface area contributed by atoms with Crippen LogP contribution in [0.2, 0.25) is 0 Å². The number of likely N-dealkylation sites (N-methyl/N-ethyl adjacent to an activating group) is 1. The molecule has 92 valence electrons. The Morgan fingerprint density at radius 3 is 2.47 bits per heavy atom. The Morgan fingerprint density at radius 1 is 1.29 bits per heavy atom. The lowest BCUT2D eigenvalue weighted by molar-refractivity contribution is -0.120. The van der Waals surface area contributed by atoms with Crippen molar-refractivity contribution in [2.45, 2.75) is 12.5 Å². The number of benzene rings is 1. The molecule has 0 radical (unpaired) electrons. The van der Waals surface area contributed by atoms with Crippen molar-refractivity contribution < 1.29 is 14.7 Å². The van der Waals surface area contributed by atoms with E-state index in [-0.39, 0.29) is 12.3 Å². The number of ketones is 1. The third kappa shape index (κ3) is 4.65. The molecule has 0 unspecified atom stereocenters. The molecule has 0 heterocycles. The van der Waals surface area contributed by atoms with Crippen LogP contribution in [-0.4, -0.2) is 36.6 Å². The van der Waals surface area contributed by atoms with Gasteiger partial charge in [-0.05, 0) is 19.0 Å². The van der Waals surface area contributed by atoms with Gasteiger partial charge in [-0.1, -0.05) is 30.3 Å². The molecule has 5 nitrogen and oxygen atoms in total. The first-order valence-electron chi connectivity index (χ1n) is 5.34. The number of carbonyl (C=O) groups is 2. The fourth-order valence-electron chi connectivity index (χ4n) is 1.54. The Kier molecular flexibility index (Phi) is 5.16. The summed E-state index contributed by atoms with van der Waals surface area (Å²) in [5, 5.41) is 13.7. The molecule has 0 bridgehead atoms. The lowest BCUT2D eigenvalue weighted by Crippen LogP contribution is -2.44. The number of carbonyl (C=O) groups excluding carboxylic acids is 1. The van der Waals surface area contributed by atoms with Crippen LogP contribution in [0.1, 0.15) is 5.56 Å². The van der Waals surface area contributed by atoms with Crippen molar-refractivity contribution in [1.29, 1.82) is 0 Å². The maximum atomic E-state index is 11.7. The average molecular weight is 236 g/mol. The molecular formula is C12H16N2O3. The molecule has 0 aliphatic heterocycles. The predicted octanol–water partition coefficient (Wildman–Crippen LogP) is 0.654. The molecule has 0 spiro atoms. The zero-order chi connectivity index (χ0) is 12.7. The van der Waals surface area contributed by atoms with Gasteiger partial charge in [-0.15, -0.1) is 0 Å². The average Bonchev–Trinajstić information content (AvgIpc) is 2.29. The van der Waals surface area contributed by atoms with E-state index in [1.54, 1.807) is 7.05 Å². The summed E-state index contributed by atoms with van der Waals surface area (Å²) >= 11 is 0. The van der Waals surface area contributed by atoms with E-state index in [1.807, 2.05) is 30.3 Å². The van der Waals surface area contributed by atoms with Crippen LogP contribution in [0, 0.1) is 0 Å². The topological polar surface area (TPSA) is 78.4 Å². The standard InChI is InChI=1S/C12H16N2O3/c1-13-8-11(15)10(14-12(16)17)7-9-5-3-2-4-6-9/h2-6,10,13-14H,7-8H2,1H3,(H,16,17)/t10-/m0/s1. The smallest absolute Gasteiger partial charge is 0.405 e. The molecule has 17 heavy (non-hydrogen) atoms. The van der Waals surface area contributed by atoms with Crippen LogP contribution in [0.5, 0.6) is 0 Å². The van der Waals surface area contributed by atoms with E-state index in [0.717, 1.165) is 5.56 Å². The van der Waals surface area contributed by atoms with Crippen molar-refractivity contribution in [3.63, 3.8) is 0 Å². The van der Waals surface area contributed by atoms with Crippen LogP contribution < -0.4 is 10.6 Å². The Morgan fingerprint density at radius 2 is 1.94 bits per heavy atom. The number of nitrogens with one attached hydrogen (secondary N) is 2. The third-order valence-electron chi connectivity index (χ3n) is 2.32. The Bertz CT molecular complexity index is 379. The molecule has 1 atom stereocenters. The molecule has 3 N–H and O–H groups in total.